The van der Waals surface area contributed by atoms with Crippen molar-refractivity contribution in [3.63, 3.8) is 0 Å². The molecule has 0 spiro atoms. The maximum absolute atomic E-state index is 13.2. The summed E-state index contributed by atoms with van der Waals surface area (Å²) in [6, 6.07) is 12.2. The minimum atomic E-state index is -0.982. The molecule has 2 heterocycles. The van der Waals surface area contributed by atoms with Gasteiger partial charge in [-0.1, -0.05) is 11.6 Å². The van der Waals surface area contributed by atoms with Crippen LogP contribution in [0.3, 0.4) is 0 Å². The van der Waals surface area contributed by atoms with Gasteiger partial charge in [0.25, 0.3) is 0 Å². The average Bonchev–Trinajstić information content (AvgIpc) is 2.62. The van der Waals surface area contributed by atoms with E-state index >= 15 is 0 Å². The van der Waals surface area contributed by atoms with Gasteiger partial charge in [0, 0.05) is 16.3 Å². The number of amides is 1. The summed E-state index contributed by atoms with van der Waals surface area (Å²) in [6.07, 6.45) is 0. The summed E-state index contributed by atoms with van der Waals surface area (Å²) in [5.74, 6) is 0.621. The number of carbonyl (C=O) groups excluding carboxylic acids is 1. The molecular weight excluding hydrogens is 386 g/mol. The first-order chi connectivity index (χ1) is 12.9. The smallest absolute Gasteiger partial charge is 0.236 e. The molecule has 3 atom stereocenters. The Morgan fingerprint density at radius 2 is 2.04 bits per heavy atom. The van der Waals surface area contributed by atoms with Crippen LogP contribution in [-0.4, -0.2) is 23.9 Å². The molecule has 1 amide bonds. The van der Waals surface area contributed by atoms with Gasteiger partial charge in [-0.3, -0.25) is 4.79 Å². The fourth-order valence-corrected chi connectivity index (χ4v) is 4.12. The number of rotatable bonds is 3. The van der Waals surface area contributed by atoms with Crippen molar-refractivity contribution in [3.05, 3.63) is 53.1 Å². The lowest BCUT2D eigenvalue weighted by Gasteiger charge is -2.50. The van der Waals surface area contributed by atoms with E-state index < -0.39 is 11.6 Å². The van der Waals surface area contributed by atoms with Gasteiger partial charge in [0.15, 0.2) is 10.8 Å². The number of fused-ring (bicyclic) bond motifs is 4. The van der Waals surface area contributed by atoms with Crippen molar-refractivity contribution in [1.82, 2.24) is 10.6 Å². The van der Waals surface area contributed by atoms with Gasteiger partial charge < -0.3 is 25.4 Å². The zero-order chi connectivity index (χ0) is 19.2. The molecule has 140 valence electrons. The maximum atomic E-state index is 13.2. The molecule has 1 fully saturated rings. The third-order valence-corrected chi connectivity index (χ3v) is 5.30. The van der Waals surface area contributed by atoms with E-state index in [9.17, 15) is 4.79 Å². The predicted molar refractivity (Wildman–Crippen MR) is 107 cm³/mol. The third kappa shape index (κ3) is 3.17. The summed E-state index contributed by atoms with van der Waals surface area (Å²) in [4.78, 5) is 13.2. The van der Waals surface area contributed by atoms with Gasteiger partial charge in [-0.15, -0.1) is 0 Å². The maximum Gasteiger partial charge on any atom is 0.236 e. The first-order valence-corrected chi connectivity index (χ1v) is 9.20. The lowest BCUT2D eigenvalue weighted by atomic mass is 9.80. The van der Waals surface area contributed by atoms with E-state index in [-0.39, 0.29) is 11.9 Å². The number of benzene rings is 2. The number of hydrogen-bond acceptors (Lipinski definition) is 4. The number of methoxy groups -OCH3 is 1. The third-order valence-electron chi connectivity index (χ3n) is 4.84. The van der Waals surface area contributed by atoms with Crippen LogP contribution in [0.25, 0.3) is 0 Å². The molecule has 27 heavy (non-hydrogen) atoms. The van der Waals surface area contributed by atoms with Crippen LogP contribution in [0.15, 0.2) is 42.5 Å². The van der Waals surface area contributed by atoms with Crippen LogP contribution in [0.1, 0.15) is 18.5 Å². The SMILES string of the molecule is COc1ccc(NC(=O)[C@H]2[C@H]3NC(=S)N[C@@]2(C)Oc2ccc(Cl)cc23)cc1. The number of nitrogens with one attached hydrogen (secondary N) is 3. The van der Waals surface area contributed by atoms with E-state index in [2.05, 4.69) is 16.0 Å². The number of anilines is 1. The Hall–Kier alpha value is -2.51. The van der Waals surface area contributed by atoms with E-state index in [1.807, 2.05) is 6.92 Å². The van der Waals surface area contributed by atoms with Crippen LogP contribution in [0.4, 0.5) is 5.69 Å². The largest absolute Gasteiger partial charge is 0.497 e. The van der Waals surface area contributed by atoms with Gasteiger partial charge >= 0.3 is 0 Å². The van der Waals surface area contributed by atoms with Crippen LogP contribution < -0.4 is 25.4 Å². The van der Waals surface area contributed by atoms with Gasteiger partial charge in [-0.2, -0.15) is 0 Å². The highest BCUT2D eigenvalue weighted by Gasteiger charge is 2.54. The fraction of sp³-hybridized carbons (Fsp3) is 0.263. The topological polar surface area (TPSA) is 71.6 Å². The minimum absolute atomic E-state index is 0.194. The summed E-state index contributed by atoms with van der Waals surface area (Å²) in [7, 11) is 1.60. The average molecular weight is 404 g/mol. The molecule has 2 aromatic carbocycles. The Balaban J connectivity index is 1.68. The molecule has 0 radical (unpaired) electrons. The monoisotopic (exact) mass is 403 g/mol. The van der Waals surface area contributed by atoms with Gasteiger partial charge in [-0.05, 0) is 61.6 Å². The van der Waals surface area contributed by atoms with Crippen molar-refractivity contribution in [2.45, 2.75) is 18.7 Å². The lowest BCUT2D eigenvalue weighted by molar-refractivity contribution is -0.132. The molecule has 6 nitrogen and oxygen atoms in total. The summed E-state index contributed by atoms with van der Waals surface area (Å²) >= 11 is 11.5. The van der Waals surface area contributed by atoms with Crippen LogP contribution in [0, 0.1) is 5.92 Å². The molecular formula is C19H18ClN3O3S. The van der Waals surface area contributed by atoms with E-state index in [0.717, 1.165) is 11.3 Å². The summed E-state index contributed by atoms with van der Waals surface area (Å²) in [5, 5.41) is 10.2. The Labute approximate surface area is 167 Å². The molecule has 1 saturated heterocycles. The van der Waals surface area contributed by atoms with Crippen molar-refractivity contribution in [1.29, 1.82) is 0 Å². The van der Waals surface area contributed by atoms with E-state index in [1.165, 1.54) is 0 Å². The van der Waals surface area contributed by atoms with Gasteiger partial charge in [0.05, 0.1) is 13.2 Å². The quantitative estimate of drug-likeness (QED) is 0.683. The Morgan fingerprint density at radius 1 is 1.30 bits per heavy atom. The molecule has 4 rings (SSSR count). The van der Waals surface area contributed by atoms with E-state index in [1.54, 1.807) is 49.6 Å². The van der Waals surface area contributed by atoms with Crippen LogP contribution in [0.2, 0.25) is 5.02 Å². The van der Waals surface area contributed by atoms with Crippen molar-refractivity contribution in [2.75, 3.05) is 12.4 Å². The second-order valence-corrected chi connectivity index (χ2v) is 7.51. The molecule has 2 aromatic rings. The second-order valence-electron chi connectivity index (χ2n) is 6.66. The number of thiocarbonyl (C=S) groups is 1. The second kappa shape index (κ2) is 6.58. The molecule has 0 aliphatic carbocycles. The minimum Gasteiger partial charge on any atom is -0.497 e. The highest BCUT2D eigenvalue weighted by molar-refractivity contribution is 7.80. The zero-order valence-electron chi connectivity index (χ0n) is 14.7. The van der Waals surface area contributed by atoms with Crippen molar-refractivity contribution >= 4 is 40.5 Å². The molecule has 0 saturated carbocycles. The van der Waals surface area contributed by atoms with Crippen LogP contribution in [0.5, 0.6) is 11.5 Å². The Bertz CT molecular complexity index is 921. The number of halogens is 1. The first kappa shape index (κ1) is 17.9. The van der Waals surface area contributed by atoms with Crippen LogP contribution in [-0.2, 0) is 4.79 Å². The van der Waals surface area contributed by atoms with Gasteiger partial charge in [0.1, 0.15) is 17.4 Å². The number of hydrogen-bond donors (Lipinski definition) is 3. The molecule has 2 bridgehead atoms. The summed E-state index contributed by atoms with van der Waals surface area (Å²) < 4.78 is 11.3. The standard InChI is InChI=1S/C19H18ClN3O3S/c1-19-15(17(24)21-11-4-6-12(25-2)7-5-11)16(22-18(27)23-19)13-9-10(20)3-8-14(13)26-19/h3-9,15-16H,1-2H3,(H,21,24)(H2,22,23,27)/t15-,16+,19+/m1/s1. The van der Waals surface area contributed by atoms with Crippen molar-refractivity contribution in [2.24, 2.45) is 5.92 Å². The number of ether oxygens (including phenoxy) is 2. The molecule has 8 heteroatoms. The van der Waals surface area contributed by atoms with Gasteiger partial charge in [0.2, 0.25) is 5.91 Å². The molecule has 2 aliphatic rings. The lowest BCUT2D eigenvalue weighted by Crippen LogP contribution is -2.70. The fourth-order valence-electron chi connectivity index (χ4n) is 3.61. The Morgan fingerprint density at radius 3 is 2.74 bits per heavy atom. The highest BCUT2D eigenvalue weighted by Crippen LogP contribution is 2.45. The van der Waals surface area contributed by atoms with Crippen molar-refractivity contribution in [3.8, 4) is 11.5 Å². The summed E-state index contributed by atoms with van der Waals surface area (Å²) in [6.45, 7) is 1.82. The molecule has 2 aliphatic heterocycles. The zero-order valence-corrected chi connectivity index (χ0v) is 16.3. The Kier molecular flexibility index (Phi) is 4.36. The molecule has 0 aromatic heterocycles. The number of carbonyl (C=O) groups is 1. The normalized spacial score (nSPS) is 25.4. The highest BCUT2D eigenvalue weighted by atomic mass is 35.5. The molecule has 0 unspecified atom stereocenters. The van der Waals surface area contributed by atoms with Crippen LogP contribution >= 0.6 is 23.8 Å². The van der Waals surface area contributed by atoms with E-state index in [4.69, 9.17) is 33.3 Å². The van der Waals surface area contributed by atoms with Gasteiger partial charge in [-0.25, -0.2) is 0 Å². The molecule has 3 N–H and O–H groups in total. The predicted octanol–water partition coefficient (Wildman–Crippen LogP) is 3.23. The van der Waals surface area contributed by atoms with E-state index in [0.29, 0.717) is 21.6 Å². The first-order valence-electron chi connectivity index (χ1n) is 8.42. The van der Waals surface area contributed by atoms with Crippen molar-refractivity contribution < 1.29 is 14.3 Å². The summed E-state index contributed by atoms with van der Waals surface area (Å²) in [5.41, 5.74) is 0.491.